The summed E-state index contributed by atoms with van der Waals surface area (Å²) in [6.45, 7) is 2.12. The summed E-state index contributed by atoms with van der Waals surface area (Å²) in [5.74, 6) is -3.22. The van der Waals surface area contributed by atoms with Crippen LogP contribution in [-0.4, -0.2) is 10.9 Å². The van der Waals surface area contributed by atoms with Crippen LogP contribution in [-0.2, 0) is 6.42 Å². The van der Waals surface area contributed by atoms with Crippen molar-refractivity contribution in [1.82, 2.24) is 4.98 Å². The molecule has 2 rings (SSSR count). The third kappa shape index (κ3) is 3.84. The molecule has 2 aromatic rings. The number of halogens is 2. The Bertz CT molecular complexity index is 627. The van der Waals surface area contributed by atoms with Crippen molar-refractivity contribution < 1.29 is 13.6 Å². The van der Waals surface area contributed by atoms with Gasteiger partial charge in [0, 0.05) is 11.9 Å². The second kappa shape index (κ2) is 6.92. The van der Waals surface area contributed by atoms with Crippen LogP contribution in [0.1, 0.15) is 35.7 Å². The van der Waals surface area contributed by atoms with Crippen LogP contribution in [0.2, 0.25) is 0 Å². The van der Waals surface area contributed by atoms with Crippen molar-refractivity contribution >= 4 is 11.6 Å². The molecular weight excluding hydrogens is 274 g/mol. The molecule has 1 aromatic carbocycles. The highest BCUT2D eigenvalue weighted by Gasteiger charge is 2.16. The van der Waals surface area contributed by atoms with Gasteiger partial charge in [0.25, 0.3) is 5.91 Å². The van der Waals surface area contributed by atoms with Gasteiger partial charge in [0.05, 0.1) is 5.56 Å². The first kappa shape index (κ1) is 15.1. The maximum atomic E-state index is 13.5. The van der Waals surface area contributed by atoms with Crippen molar-refractivity contribution in [3.63, 3.8) is 0 Å². The fourth-order valence-corrected chi connectivity index (χ4v) is 1.93. The lowest BCUT2D eigenvalue weighted by molar-refractivity contribution is 0.102. The molecule has 0 spiro atoms. The van der Waals surface area contributed by atoms with E-state index in [1.54, 1.807) is 12.1 Å². The molecule has 0 saturated heterocycles. The standard InChI is InChI=1S/C16H16F2N2O/c1-2-3-4-11-5-7-12(8-6-11)20-16(21)13-9-10-19-15(18)14(13)17/h5-10H,2-4H2,1H3,(H,20,21). The van der Waals surface area contributed by atoms with Crippen LogP contribution < -0.4 is 5.32 Å². The van der Waals surface area contributed by atoms with E-state index in [1.165, 1.54) is 5.56 Å². The summed E-state index contributed by atoms with van der Waals surface area (Å²) < 4.78 is 26.4. The minimum atomic E-state index is -1.28. The first-order chi connectivity index (χ1) is 10.1. The van der Waals surface area contributed by atoms with Crippen molar-refractivity contribution in [1.29, 1.82) is 0 Å². The molecule has 0 bridgehead atoms. The quantitative estimate of drug-likeness (QED) is 0.847. The van der Waals surface area contributed by atoms with Crippen molar-refractivity contribution in [2.24, 2.45) is 0 Å². The number of amides is 1. The van der Waals surface area contributed by atoms with Crippen LogP contribution in [0.5, 0.6) is 0 Å². The minimum Gasteiger partial charge on any atom is -0.322 e. The van der Waals surface area contributed by atoms with Gasteiger partial charge in [-0.15, -0.1) is 0 Å². The summed E-state index contributed by atoms with van der Waals surface area (Å²) in [7, 11) is 0. The maximum absolute atomic E-state index is 13.5. The normalized spacial score (nSPS) is 10.4. The molecule has 0 aliphatic rings. The van der Waals surface area contributed by atoms with E-state index < -0.39 is 17.7 Å². The lowest BCUT2D eigenvalue weighted by atomic mass is 10.1. The number of carbonyl (C=O) groups is 1. The average molecular weight is 290 g/mol. The number of aromatic nitrogens is 1. The number of pyridine rings is 1. The summed E-state index contributed by atoms with van der Waals surface area (Å²) in [4.78, 5) is 15.0. The number of nitrogens with one attached hydrogen (secondary N) is 1. The first-order valence-corrected chi connectivity index (χ1v) is 6.82. The first-order valence-electron chi connectivity index (χ1n) is 6.82. The zero-order valence-electron chi connectivity index (χ0n) is 11.7. The van der Waals surface area contributed by atoms with E-state index in [2.05, 4.69) is 17.2 Å². The predicted molar refractivity (Wildman–Crippen MR) is 77.2 cm³/mol. The van der Waals surface area contributed by atoms with Gasteiger partial charge in [-0.25, -0.2) is 9.37 Å². The van der Waals surface area contributed by atoms with E-state index >= 15 is 0 Å². The molecule has 0 atom stereocenters. The van der Waals surface area contributed by atoms with Gasteiger partial charge in [-0.2, -0.15) is 4.39 Å². The number of hydrogen-bond acceptors (Lipinski definition) is 2. The molecule has 5 heteroatoms. The molecule has 0 unspecified atom stereocenters. The molecule has 1 N–H and O–H groups in total. The van der Waals surface area contributed by atoms with E-state index in [9.17, 15) is 13.6 Å². The molecule has 0 radical (unpaired) electrons. The van der Waals surface area contributed by atoms with Gasteiger partial charge in [-0.1, -0.05) is 25.5 Å². The summed E-state index contributed by atoms with van der Waals surface area (Å²) in [5.41, 5.74) is 1.35. The Morgan fingerprint density at radius 2 is 1.90 bits per heavy atom. The van der Waals surface area contributed by atoms with Crippen molar-refractivity contribution in [3.8, 4) is 0 Å². The Balaban J connectivity index is 2.07. The topological polar surface area (TPSA) is 42.0 Å². The fraction of sp³-hybridized carbons (Fsp3) is 0.250. The fourth-order valence-electron chi connectivity index (χ4n) is 1.93. The molecule has 0 aliphatic heterocycles. The zero-order chi connectivity index (χ0) is 15.2. The summed E-state index contributed by atoms with van der Waals surface area (Å²) >= 11 is 0. The second-order valence-corrected chi connectivity index (χ2v) is 4.72. The van der Waals surface area contributed by atoms with Gasteiger partial charge in [-0.3, -0.25) is 4.79 Å². The molecule has 1 heterocycles. The van der Waals surface area contributed by atoms with E-state index in [-0.39, 0.29) is 5.56 Å². The minimum absolute atomic E-state index is 0.363. The van der Waals surface area contributed by atoms with E-state index in [4.69, 9.17) is 0 Å². The summed E-state index contributed by atoms with van der Waals surface area (Å²) in [6, 6.07) is 8.46. The highest BCUT2D eigenvalue weighted by Crippen LogP contribution is 2.15. The molecule has 3 nitrogen and oxygen atoms in total. The van der Waals surface area contributed by atoms with Crippen LogP contribution in [0, 0.1) is 11.8 Å². The Morgan fingerprint density at radius 3 is 2.57 bits per heavy atom. The van der Waals surface area contributed by atoms with Crippen LogP contribution in [0.15, 0.2) is 36.5 Å². The Morgan fingerprint density at radius 1 is 1.19 bits per heavy atom. The number of rotatable bonds is 5. The maximum Gasteiger partial charge on any atom is 0.258 e. The Labute approximate surface area is 122 Å². The highest BCUT2D eigenvalue weighted by molar-refractivity contribution is 6.04. The van der Waals surface area contributed by atoms with Crippen molar-refractivity contribution in [3.05, 3.63) is 59.4 Å². The highest BCUT2D eigenvalue weighted by atomic mass is 19.2. The molecule has 1 amide bonds. The van der Waals surface area contributed by atoms with E-state index in [0.717, 1.165) is 31.5 Å². The van der Waals surface area contributed by atoms with Crippen LogP contribution in [0.4, 0.5) is 14.5 Å². The number of aryl methyl sites for hydroxylation is 1. The molecule has 21 heavy (non-hydrogen) atoms. The van der Waals surface area contributed by atoms with Gasteiger partial charge in [0.2, 0.25) is 5.95 Å². The largest absolute Gasteiger partial charge is 0.322 e. The average Bonchev–Trinajstić information content (AvgIpc) is 2.49. The number of nitrogens with zero attached hydrogens (tertiary/aromatic N) is 1. The smallest absolute Gasteiger partial charge is 0.258 e. The van der Waals surface area contributed by atoms with Gasteiger partial charge >= 0.3 is 0 Å². The van der Waals surface area contributed by atoms with Gasteiger partial charge < -0.3 is 5.32 Å². The summed E-state index contributed by atoms with van der Waals surface area (Å²) in [6.07, 6.45) is 4.26. The predicted octanol–water partition coefficient (Wildman–Crippen LogP) is 3.95. The van der Waals surface area contributed by atoms with Crippen LogP contribution >= 0.6 is 0 Å². The number of carbonyl (C=O) groups excluding carboxylic acids is 1. The van der Waals surface area contributed by atoms with Gasteiger partial charge in [0.1, 0.15) is 0 Å². The monoisotopic (exact) mass is 290 g/mol. The third-order valence-electron chi connectivity index (χ3n) is 3.12. The number of benzene rings is 1. The lowest BCUT2D eigenvalue weighted by Gasteiger charge is -2.07. The van der Waals surface area contributed by atoms with Gasteiger partial charge in [0.15, 0.2) is 5.82 Å². The Hall–Kier alpha value is -2.30. The van der Waals surface area contributed by atoms with E-state index in [1.807, 2.05) is 12.1 Å². The molecule has 0 saturated carbocycles. The van der Waals surface area contributed by atoms with Crippen LogP contribution in [0.3, 0.4) is 0 Å². The van der Waals surface area contributed by atoms with Crippen molar-refractivity contribution in [2.75, 3.05) is 5.32 Å². The lowest BCUT2D eigenvalue weighted by Crippen LogP contribution is -2.15. The SMILES string of the molecule is CCCCc1ccc(NC(=O)c2ccnc(F)c2F)cc1. The third-order valence-corrected chi connectivity index (χ3v) is 3.12. The number of hydrogen-bond donors (Lipinski definition) is 1. The molecular formula is C16H16F2N2O. The number of unbranched alkanes of at least 4 members (excludes halogenated alkanes) is 1. The molecule has 1 aromatic heterocycles. The molecule has 0 aliphatic carbocycles. The zero-order valence-corrected chi connectivity index (χ0v) is 11.7. The molecule has 0 fully saturated rings. The number of anilines is 1. The Kier molecular flexibility index (Phi) is 4.98. The van der Waals surface area contributed by atoms with E-state index in [0.29, 0.717) is 5.69 Å². The summed E-state index contributed by atoms with van der Waals surface area (Å²) in [5, 5.41) is 2.54. The van der Waals surface area contributed by atoms with Gasteiger partial charge in [-0.05, 0) is 36.6 Å². The second-order valence-electron chi connectivity index (χ2n) is 4.72. The van der Waals surface area contributed by atoms with Crippen LogP contribution in [0.25, 0.3) is 0 Å². The van der Waals surface area contributed by atoms with Crippen molar-refractivity contribution in [2.45, 2.75) is 26.2 Å². The molecule has 110 valence electrons.